The van der Waals surface area contributed by atoms with Crippen molar-refractivity contribution in [3.8, 4) is 0 Å². The van der Waals surface area contributed by atoms with Gasteiger partial charge in [-0.15, -0.1) is 0 Å². The number of carbonyl (C=O) groups excluding carboxylic acids is 2. The standard InChI is InChI=1S/C23H27N3O3/c1-4-25(5-2)14-15-26-20(18-8-6-7-13-24-18)19(22(28)23(26)29)21(27)17-11-9-16(3)10-12-17/h6-13,20,27H,4-5,14-15H2,1-3H3/b21-19-. The van der Waals surface area contributed by atoms with Gasteiger partial charge in [0.25, 0.3) is 11.7 Å². The number of hydrogen-bond acceptors (Lipinski definition) is 5. The first-order valence-electron chi connectivity index (χ1n) is 9.96. The van der Waals surface area contributed by atoms with Crippen LogP contribution in [0, 0.1) is 6.92 Å². The average Bonchev–Trinajstić information content (AvgIpc) is 3.00. The quantitative estimate of drug-likeness (QED) is 0.444. The van der Waals surface area contributed by atoms with Crippen LogP contribution in [0.2, 0.25) is 0 Å². The number of nitrogens with zero attached hydrogens (tertiary/aromatic N) is 3. The van der Waals surface area contributed by atoms with E-state index in [1.165, 1.54) is 4.90 Å². The third-order valence-electron chi connectivity index (χ3n) is 5.38. The van der Waals surface area contributed by atoms with E-state index in [2.05, 4.69) is 23.7 Å². The summed E-state index contributed by atoms with van der Waals surface area (Å²) in [6.07, 6.45) is 1.63. The minimum atomic E-state index is -0.701. The number of pyridine rings is 1. The molecule has 1 fully saturated rings. The predicted molar refractivity (Wildman–Crippen MR) is 112 cm³/mol. The molecule has 0 radical (unpaired) electrons. The Morgan fingerprint density at radius 3 is 2.38 bits per heavy atom. The fourth-order valence-corrected chi connectivity index (χ4v) is 3.61. The molecule has 1 unspecified atom stereocenters. The zero-order valence-electron chi connectivity index (χ0n) is 17.1. The molecule has 6 heteroatoms. The summed E-state index contributed by atoms with van der Waals surface area (Å²) in [7, 11) is 0. The number of aliphatic hydroxyl groups excluding tert-OH is 1. The van der Waals surface area contributed by atoms with Crippen LogP contribution in [0.5, 0.6) is 0 Å². The number of carbonyl (C=O) groups is 2. The van der Waals surface area contributed by atoms with Gasteiger partial charge in [0.15, 0.2) is 0 Å². The summed E-state index contributed by atoms with van der Waals surface area (Å²) in [6.45, 7) is 8.82. The molecule has 1 aromatic carbocycles. The van der Waals surface area contributed by atoms with Crippen LogP contribution in [0.4, 0.5) is 0 Å². The van der Waals surface area contributed by atoms with Crippen molar-refractivity contribution < 1.29 is 14.7 Å². The molecule has 1 N–H and O–H groups in total. The summed E-state index contributed by atoms with van der Waals surface area (Å²) >= 11 is 0. The lowest BCUT2D eigenvalue weighted by atomic mass is 9.98. The topological polar surface area (TPSA) is 73.7 Å². The molecule has 2 aromatic rings. The van der Waals surface area contributed by atoms with Crippen LogP contribution >= 0.6 is 0 Å². The lowest BCUT2D eigenvalue weighted by molar-refractivity contribution is -0.140. The molecule has 6 nitrogen and oxygen atoms in total. The minimum absolute atomic E-state index is 0.0945. The number of likely N-dealkylation sites (tertiary alicyclic amines) is 1. The molecule has 1 amide bonds. The highest BCUT2D eigenvalue weighted by Gasteiger charge is 2.46. The maximum absolute atomic E-state index is 12.9. The number of aromatic nitrogens is 1. The summed E-state index contributed by atoms with van der Waals surface area (Å²) in [4.78, 5) is 33.9. The molecule has 3 rings (SSSR count). The van der Waals surface area contributed by atoms with E-state index in [0.717, 1.165) is 18.7 Å². The van der Waals surface area contributed by atoms with Crippen molar-refractivity contribution in [1.82, 2.24) is 14.8 Å². The van der Waals surface area contributed by atoms with Crippen molar-refractivity contribution in [2.24, 2.45) is 0 Å². The number of ketones is 1. The molecule has 29 heavy (non-hydrogen) atoms. The van der Waals surface area contributed by atoms with Gasteiger partial charge in [-0.3, -0.25) is 14.6 Å². The summed E-state index contributed by atoms with van der Waals surface area (Å²) in [5.74, 6) is -1.43. The fraction of sp³-hybridized carbons (Fsp3) is 0.348. The molecule has 1 atom stereocenters. The molecule has 2 heterocycles. The summed E-state index contributed by atoms with van der Waals surface area (Å²) in [5.41, 5.74) is 2.22. The van der Waals surface area contributed by atoms with Crippen LogP contribution in [-0.2, 0) is 9.59 Å². The second kappa shape index (κ2) is 9.01. The van der Waals surface area contributed by atoms with Crippen LogP contribution in [0.1, 0.15) is 36.7 Å². The zero-order valence-corrected chi connectivity index (χ0v) is 17.1. The Kier molecular flexibility index (Phi) is 6.44. The van der Waals surface area contributed by atoms with Crippen LogP contribution in [-0.4, -0.2) is 57.8 Å². The number of aryl methyl sites for hydroxylation is 1. The van der Waals surface area contributed by atoms with Crippen LogP contribution < -0.4 is 0 Å². The number of benzene rings is 1. The highest BCUT2D eigenvalue weighted by Crippen LogP contribution is 2.38. The molecular formula is C23H27N3O3. The predicted octanol–water partition coefficient (Wildman–Crippen LogP) is 3.15. The Labute approximate surface area is 171 Å². The Hall–Kier alpha value is -2.99. The molecular weight excluding hydrogens is 366 g/mol. The van der Waals surface area contributed by atoms with E-state index in [1.807, 2.05) is 25.1 Å². The SMILES string of the molecule is CCN(CC)CCN1C(=O)C(=O)/C(=C(\O)c2ccc(C)cc2)C1c1ccccn1. The first kappa shape index (κ1) is 20.7. The molecule has 1 aliphatic rings. The van der Waals surface area contributed by atoms with E-state index in [1.54, 1.807) is 30.5 Å². The number of Topliss-reactive ketones (excluding diaryl/α,β-unsaturated/α-hetero) is 1. The van der Waals surface area contributed by atoms with Crippen LogP contribution in [0.25, 0.3) is 5.76 Å². The van der Waals surface area contributed by atoms with Gasteiger partial charge in [0.05, 0.1) is 11.3 Å². The maximum atomic E-state index is 12.9. The van der Waals surface area contributed by atoms with Gasteiger partial charge < -0.3 is 14.9 Å². The largest absolute Gasteiger partial charge is 0.507 e. The number of aliphatic hydroxyl groups is 1. The van der Waals surface area contributed by atoms with Gasteiger partial charge in [-0.25, -0.2) is 0 Å². The summed E-state index contributed by atoms with van der Waals surface area (Å²) in [6, 6.07) is 11.9. The minimum Gasteiger partial charge on any atom is -0.507 e. The summed E-state index contributed by atoms with van der Waals surface area (Å²) < 4.78 is 0. The van der Waals surface area contributed by atoms with Gasteiger partial charge >= 0.3 is 0 Å². The van der Waals surface area contributed by atoms with Gasteiger partial charge in [-0.1, -0.05) is 49.7 Å². The van der Waals surface area contributed by atoms with Crippen LogP contribution in [0.15, 0.2) is 54.2 Å². The van der Waals surface area contributed by atoms with Gasteiger partial charge in [0.1, 0.15) is 11.8 Å². The lowest BCUT2D eigenvalue weighted by Crippen LogP contribution is -2.38. The van der Waals surface area contributed by atoms with Crippen molar-refractivity contribution in [3.05, 3.63) is 71.1 Å². The van der Waals surface area contributed by atoms with Crippen molar-refractivity contribution in [1.29, 1.82) is 0 Å². The molecule has 1 aromatic heterocycles. The number of rotatable bonds is 7. The van der Waals surface area contributed by atoms with Crippen molar-refractivity contribution in [2.45, 2.75) is 26.8 Å². The maximum Gasteiger partial charge on any atom is 0.295 e. The van der Waals surface area contributed by atoms with E-state index >= 15 is 0 Å². The zero-order chi connectivity index (χ0) is 21.0. The fourth-order valence-electron chi connectivity index (χ4n) is 3.61. The van der Waals surface area contributed by atoms with Crippen molar-refractivity contribution >= 4 is 17.4 Å². The number of hydrogen-bond donors (Lipinski definition) is 1. The number of amides is 1. The Morgan fingerprint density at radius 2 is 1.79 bits per heavy atom. The van der Waals surface area contributed by atoms with E-state index in [4.69, 9.17) is 0 Å². The third-order valence-corrected chi connectivity index (χ3v) is 5.38. The normalized spacial score (nSPS) is 18.6. The van der Waals surface area contributed by atoms with Crippen molar-refractivity contribution in [3.63, 3.8) is 0 Å². The molecule has 1 aliphatic heterocycles. The van der Waals surface area contributed by atoms with E-state index in [9.17, 15) is 14.7 Å². The Bertz CT molecular complexity index is 903. The average molecular weight is 393 g/mol. The van der Waals surface area contributed by atoms with Gasteiger partial charge in [-0.2, -0.15) is 0 Å². The van der Waals surface area contributed by atoms with Gasteiger partial charge in [0, 0.05) is 24.8 Å². The highest BCUT2D eigenvalue weighted by molar-refractivity contribution is 6.46. The van der Waals surface area contributed by atoms with Crippen LogP contribution in [0.3, 0.4) is 0 Å². The van der Waals surface area contributed by atoms with Gasteiger partial charge in [-0.05, 0) is 32.1 Å². The van der Waals surface area contributed by atoms with E-state index in [-0.39, 0.29) is 11.3 Å². The summed E-state index contributed by atoms with van der Waals surface area (Å²) in [5, 5.41) is 11.0. The van der Waals surface area contributed by atoms with E-state index in [0.29, 0.717) is 24.3 Å². The van der Waals surface area contributed by atoms with E-state index < -0.39 is 17.7 Å². The Balaban J connectivity index is 2.06. The van der Waals surface area contributed by atoms with Gasteiger partial charge in [0.2, 0.25) is 0 Å². The molecule has 0 spiro atoms. The smallest absolute Gasteiger partial charge is 0.295 e. The monoisotopic (exact) mass is 393 g/mol. The number of likely N-dealkylation sites (N-methyl/N-ethyl adjacent to an activating group) is 1. The molecule has 1 saturated heterocycles. The Morgan fingerprint density at radius 1 is 1.10 bits per heavy atom. The lowest BCUT2D eigenvalue weighted by Gasteiger charge is -2.27. The third kappa shape index (κ3) is 4.22. The molecule has 152 valence electrons. The second-order valence-corrected chi connectivity index (χ2v) is 7.14. The first-order chi connectivity index (χ1) is 14.0. The molecule has 0 bridgehead atoms. The highest BCUT2D eigenvalue weighted by atomic mass is 16.3. The molecule has 0 aliphatic carbocycles. The first-order valence-corrected chi connectivity index (χ1v) is 9.96. The second-order valence-electron chi connectivity index (χ2n) is 7.14. The van der Waals surface area contributed by atoms with Crippen molar-refractivity contribution in [2.75, 3.05) is 26.2 Å². The molecule has 0 saturated carbocycles.